The first-order valence-electron chi connectivity index (χ1n) is 4.64. The maximum Gasteiger partial charge on any atom is 0.109 e. The normalized spacial score (nSPS) is 10.5. The van der Waals surface area contributed by atoms with Crippen molar-refractivity contribution in [1.29, 1.82) is 0 Å². The number of aromatic nitrogens is 2. The van der Waals surface area contributed by atoms with Gasteiger partial charge in [-0.15, -0.1) is 0 Å². The van der Waals surface area contributed by atoms with E-state index in [-0.39, 0.29) is 6.67 Å². The summed E-state index contributed by atoms with van der Waals surface area (Å²) in [6, 6.07) is 8.17. The van der Waals surface area contributed by atoms with E-state index in [1.807, 2.05) is 30.5 Å². The lowest BCUT2D eigenvalue weighted by Gasteiger charge is -1.97. The van der Waals surface area contributed by atoms with E-state index in [0.29, 0.717) is 6.54 Å². The summed E-state index contributed by atoms with van der Waals surface area (Å²) < 4.78 is 14.9. The molecule has 0 amide bonds. The second kappa shape index (κ2) is 4.74. The van der Waals surface area contributed by atoms with Crippen LogP contribution in [0.15, 0.2) is 36.7 Å². The Balaban J connectivity index is 2.25. The molecule has 15 heavy (non-hydrogen) atoms. The Hall–Kier alpha value is -0.910. The van der Waals surface area contributed by atoms with Gasteiger partial charge in [-0.05, 0) is 40.3 Å². The molecule has 1 heterocycles. The molecule has 4 heteroatoms. The fourth-order valence-corrected chi connectivity index (χ4v) is 1.72. The second-order valence-corrected chi connectivity index (χ2v) is 4.43. The van der Waals surface area contributed by atoms with Gasteiger partial charge in [0.1, 0.15) is 6.67 Å². The zero-order valence-electron chi connectivity index (χ0n) is 8.03. The molecule has 0 saturated carbocycles. The fourth-order valence-electron chi connectivity index (χ4n) is 1.36. The summed E-state index contributed by atoms with van der Waals surface area (Å²) in [5, 5.41) is 4.08. The topological polar surface area (TPSA) is 17.8 Å². The minimum Gasteiger partial charge on any atom is -0.269 e. The monoisotopic (exact) mass is 316 g/mol. The van der Waals surface area contributed by atoms with Crippen LogP contribution in [0, 0.1) is 3.57 Å². The van der Waals surface area contributed by atoms with Gasteiger partial charge >= 0.3 is 0 Å². The number of nitrogens with zero attached hydrogens (tertiary/aromatic N) is 2. The Morgan fingerprint density at radius 3 is 2.60 bits per heavy atom. The average molecular weight is 316 g/mol. The van der Waals surface area contributed by atoms with E-state index in [1.54, 1.807) is 10.9 Å². The summed E-state index contributed by atoms with van der Waals surface area (Å²) in [5.41, 5.74) is 2.14. The van der Waals surface area contributed by atoms with Gasteiger partial charge in [-0.25, -0.2) is 4.39 Å². The standard InChI is InChI=1S/C11H10FIN2/c12-5-6-15-8-10(7-14-15)9-1-3-11(13)4-2-9/h1-4,7-8H,5-6H2. The third-order valence-electron chi connectivity index (χ3n) is 2.12. The number of rotatable bonds is 3. The van der Waals surface area contributed by atoms with E-state index in [2.05, 4.69) is 27.7 Å². The minimum atomic E-state index is -0.381. The molecule has 0 atom stereocenters. The van der Waals surface area contributed by atoms with Gasteiger partial charge in [0.15, 0.2) is 0 Å². The van der Waals surface area contributed by atoms with Crippen LogP contribution >= 0.6 is 22.6 Å². The van der Waals surface area contributed by atoms with Gasteiger partial charge in [0, 0.05) is 15.3 Å². The highest BCUT2D eigenvalue weighted by Gasteiger charge is 2.01. The van der Waals surface area contributed by atoms with E-state index >= 15 is 0 Å². The number of hydrogen-bond acceptors (Lipinski definition) is 1. The molecule has 2 aromatic rings. The van der Waals surface area contributed by atoms with Gasteiger partial charge in [0.2, 0.25) is 0 Å². The van der Waals surface area contributed by atoms with Crippen molar-refractivity contribution in [3.63, 3.8) is 0 Å². The van der Waals surface area contributed by atoms with E-state index in [0.717, 1.165) is 11.1 Å². The van der Waals surface area contributed by atoms with Gasteiger partial charge in [0.05, 0.1) is 12.7 Å². The second-order valence-electron chi connectivity index (χ2n) is 3.19. The lowest BCUT2D eigenvalue weighted by atomic mass is 10.1. The smallest absolute Gasteiger partial charge is 0.109 e. The lowest BCUT2D eigenvalue weighted by Crippen LogP contribution is -1.98. The van der Waals surface area contributed by atoms with Crippen LogP contribution in [-0.4, -0.2) is 16.5 Å². The zero-order valence-corrected chi connectivity index (χ0v) is 10.2. The lowest BCUT2D eigenvalue weighted by molar-refractivity contribution is 0.427. The first-order valence-corrected chi connectivity index (χ1v) is 5.72. The third-order valence-corrected chi connectivity index (χ3v) is 2.84. The van der Waals surface area contributed by atoms with Crippen LogP contribution in [-0.2, 0) is 6.54 Å². The van der Waals surface area contributed by atoms with Crippen LogP contribution in [0.25, 0.3) is 11.1 Å². The summed E-state index contributed by atoms with van der Waals surface area (Å²) in [5.74, 6) is 0. The molecule has 0 aliphatic carbocycles. The molecular formula is C11H10FIN2. The van der Waals surface area contributed by atoms with Crippen molar-refractivity contribution >= 4 is 22.6 Å². The van der Waals surface area contributed by atoms with Crippen LogP contribution in [0.5, 0.6) is 0 Å². The molecule has 0 N–H and O–H groups in total. The molecular weight excluding hydrogens is 306 g/mol. The van der Waals surface area contributed by atoms with Crippen molar-refractivity contribution in [3.8, 4) is 11.1 Å². The summed E-state index contributed by atoms with van der Waals surface area (Å²) in [4.78, 5) is 0. The van der Waals surface area contributed by atoms with Gasteiger partial charge in [-0.1, -0.05) is 12.1 Å². The quantitative estimate of drug-likeness (QED) is 0.796. The first kappa shape index (κ1) is 10.6. The molecule has 0 spiro atoms. The predicted molar refractivity (Wildman–Crippen MR) is 66.4 cm³/mol. The number of hydrogen-bond donors (Lipinski definition) is 0. The van der Waals surface area contributed by atoms with E-state index in [1.165, 1.54) is 3.57 Å². The number of halogens is 2. The van der Waals surface area contributed by atoms with Gasteiger partial charge in [-0.2, -0.15) is 5.10 Å². The Morgan fingerprint density at radius 2 is 1.93 bits per heavy atom. The molecule has 0 unspecified atom stereocenters. The molecule has 0 bridgehead atoms. The molecule has 0 fully saturated rings. The molecule has 1 aromatic carbocycles. The van der Waals surface area contributed by atoms with Crippen molar-refractivity contribution in [2.45, 2.75) is 6.54 Å². The van der Waals surface area contributed by atoms with Crippen LogP contribution in [0.2, 0.25) is 0 Å². The highest BCUT2D eigenvalue weighted by atomic mass is 127. The molecule has 2 rings (SSSR count). The van der Waals surface area contributed by atoms with Crippen molar-refractivity contribution < 1.29 is 4.39 Å². The molecule has 1 aromatic heterocycles. The average Bonchev–Trinajstić information content (AvgIpc) is 2.68. The van der Waals surface area contributed by atoms with Crippen molar-refractivity contribution in [2.24, 2.45) is 0 Å². The molecule has 0 aliphatic rings. The first-order chi connectivity index (χ1) is 7.29. The number of alkyl halides is 1. The van der Waals surface area contributed by atoms with Crippen LogP contribution in [0.1, 0.15) is 0 Å². The van der Waals surface area contributed by atoms with Gasteiger partial charge < -0.3 is 0 Å². The van der Waals surface area contributed by atoms with Crippen molar-refractivity contribution in [3.05, 3.63) is 40.2 Å². The molecule has 78 valence electrons. The number of benzene rings is 1. The highest BCUT2D eigenvalue weighted by molar-refractivity contribution is 14.1. The predicted octanol–water partition coefficient (Wildman–Crippen LogP) is 3.12. The zero-order chi connectivity index (χ0) is 10.7. The summed E-state index contributed by atoms with van der Waals surface area (Å²) in [7, 11) is 0. The van der Waals surface area contributed by atoms with E-state index in [4.69, 9.17) is 0 Å². The summed E-state index contributed by atoms with van der Waals surface area (Å²) in [6.07, 6.45) is 3.62. The van der Waals surface area contributed by atoms with Gasteiger partial charge in [-0.3, -0.25) is 4.68 Å². The van der Waals surface area contributed by atoms with E-state index in [9.17, 15) is 4.39 Å². The third kappa shape index (κ3) is 2.56. The summed E-state index contributed by atoms with van der Waals surface area (Å²) in [6.45, 7) is -0.0574. The van der Waals surface area contributed by atoms with E-state index < -0.39 is 0 Å². The van der Waals surface area contributed by atoms with Crippen LogP contribution in [0.4, 0.5) is 4.39 Å². The molecule has 0 radical (unpaired) electrons. The fraction of sp³-hybridized carbons (Fsp3) is 0.182. The molecule has 0 aliphatic heterocycles. The highest BCUT2D eigenvalue weighted by Crippen LogP contribution is 2.19. The Kier molecular flexibility index (Phi) is 3.35. The maximum absolute atomic E-state index is 12.1. The summed E-state index contributed by atoms with van der Waals surface area (Å²) >= 11 is 2.26. The molecule has 0 saturated heterocycles. The maximum atomic E-state index is 12.1. The SMILES string of the molecule is FCCn1cc(-c2ccc(I)cc2)cn1. The van der Waals surface area contributed by atoms with Crippen molar-refractivity contribution in [1.82, 2.24) is 9.78 Å². The Labute approximate surface area is 101 Å². The number of aryl methyl sites for hydroxylation is 1. The van der Waals surface area contributed by atoms with Crippen molar-refractivity contribution in [2.75, 3.05) is 6.67 Å². The largest absolute Gasteiger partial charge is 0.269 e. The van der Waals surface area contributed by atoms with Crippen LogP contribution < -0.4 is 0 Å². The Morgan fingerprint density at radius 1 is 1.20 bits per heavy atom. The minimum absolute atomic E-state index is 0.324. The Bertz CT molecular complexity index is 436. The molecule has 2 nitrogen and oxygen atoms in total. The van der Waals surface area contributed by atoms with Crippen LogP contribution in [0.3, 0.4) is 0 Å². The van der Waals surface area contributed by atoms with Gasteiger partial charge in [0.25, 0.3) is 0 Å².